The number of thiazole rings is 1. The highest BCUT2D eigenvalue weighted by Gasteiger charge is 2.22. The fourth-order valence-electron chi connectivity index (χ4n) is 2.86. The number of aliphatic hydroxyl groups excluding tert-OH is 1. The van der Waals surface area contributed by atoms with Crippen LogP contribution in [0.25, 0.3) is 10.2 Å². The zero-order chi connectivity index (χ0) is 11.8. The second-order valence-electron chi connectivity index (χ2n) is 4.75. The Labute approximate surface area is 129 Å². The number of aliphatic hydroxyl groups is 1. The third kappa shape index (κ3) is 2.30. The Bertz CT molecular complexity index is 564. The summed E-state index contributed by atoms with van der Waals surface area (Å²) < 4.78 is 3.70. The molecule has 4 heteroatoms. The number of halogens is 1. The van der Waals surface area contributed by atoms with Gasteiger partial charge >= 0.3 is 0 Å². The van der Waals surface area contributed by atoms with Crippen molar-refractivity contribution in [2.24, 2.45) is 0 Å². The van der Waals surface area contributed by atoms with Crippen LogP contribution in [0.4, 0.5) is 0 Å². The Hall–Kier alpha value is -0.200. The third-order valence-corrected chi connectivity index (χ3v) is 4.88. The molecule has 0 unspecified atom stereocenters. The van der Waals surface area contributed by atoms with E-state index in [9.17, 15) is 0 Å². The Balaban J connectivity index is 0.00000120. The van der Waals surface area contributed by atoms with Crippen LogP contribution in [-0.4, -0.2) is 11.7 Å². The van der Waals surface area contributed by atoms with E-state index >= 15 is 0 Å². The van der Waals surface area contributed by atoms with Gasteiger partial charge in [0.05, 0.1) is 0 Å². The van der Waals surface area contributed by atoms with E-state index in [0.717, 1.165) is 0 Å². The van der Waals surface area contributed by atoms with Gasteiger partial charge in [-0.25, -0.2) is 0 Å². The number of aromatic nitrogens is 1. The molecular formula is C14H18INOS. The van der Waals surface area contributed by atoms with Gasteiger partial charge in [-0.15, -0.1) is 0 Å². The van der Waals surface area contributed by atoms with Crippen molar-refractivity contribution in [3.05, 3.63) is 28.3 Å². The maximum absolute atomic E-state index is 9.14. The normalized spacial score (nSPS) is 14.3. The number of fused-ring (bicyclic) bond motifs is 3. The lowest BCUT2D eigenvalue weighted by Crippen LogP contribution is -3.00. The molecule has 0 saturated carbocycles. The molecule has 0 amide bonds. The summed E-state index contributed by atoms with van der Waals surface area (Å²) in [4.78, 5) is 0. The highest BCUT2D eigenvalue weighted by Crippen LogP contribution is 2.31. The fraction of sp³-hybridized carbons (Fsp3) is 0.500. The number of nitrogens with zero attached hydrogens (tertiary/aromatic N) is 1. The van der Waals surface area contributed by atoms with Crippen LogP contribution in [0.2, 0.25) is 0 Å². The minimum Gasteiger partial charge on any atom is -1.00 e. The first-order chi connectivity index (χ1) is 8.31. The van der Waals surface area contributed by atoms with Crippen molar-refractivity contribution in [2.75, 3.05) is 6.61 Å². The summed E-state index contributed by atoms with van der Waals surface area (Å²) in [5.74, 6) is 0. The monoisotopic (exact) mass is 375 g/mol. The summed E-state index contributed by atoms with van der Waals surface area (Å²) in [6, 6.07) is 4.52. The first-order valence-corrected chi connectivity index (χ1v) is 7.17. The van der Waals surface area contributed by atoms with Gasteiger partial charge in [0.25, 0.3) is 0 Å². The molecule has 1 aromatic carbocycles. The van der Waals surface area contributed by atoms with E-state index < -0.39 is 0 Å². The van der Waals surface area contributed by atoms with Crippen LogP contribution in [0.15, 0.2) is 12.1 Å². The Kier molecular flexibility index (Phi) is 4.61. The molecule has 0 saturated heterocycles. The number of hydrogen-bond acceptors (Lipinski definition) is 2. The quantitative estimate of drug-likeness (QED) is 0.549. The van der Waals surface area contributed by atoms with Crippen LogP contribution in [0, 0.1) is 6.92 Å². The highest BCUT2D eigenvalue weighted by atomic mass is 127. The molecule has 0 aliphatic heterocycles. The van der Waals surface area contributed by atoms with E-state index in [2.05, 4.69) is 23.6 Å². The molecule has 1 aromatic heterocycles. The van der Waals surface area contributed by atoms with Crippen molar-refractivity contribution in [3.8, 4) is 0 Å². The van der Waals surface area contributed by atoms with Gasteiger partial charge < -0.3 is 29.1 Å². The van der Waals surface area contributed by atoms with Crippen molar-refractivity contribution in [3.63, 3.8) is 0 Å². The maximum atomic E-state index is 9.14. The standard InChI is InChI=1S/C14H18NOS.HI/c1-10-15(8-9-16)13-7-6-11-4-2-3-5-12(11)14(13)17-10;/h6-7,16H,2-5,8-9H2,1H3;1H/q+1;/p-1. The Morgan fingerprint density at radius 1 is 1.28 bits per heavy atom. The predicted octanol–water partition coefficient (Wildman–Crippen LogP) is -0.628. The molecule has 2 aromatic rings. The number of benzene rings is 1. The van der Waals surface area contributed by atoms with Crippen molar-refractivity contribution in [1.29, 1.82) is 0 Å². The SMILES string of the molecule is Cc1sc2c3c(ccc2[n+]1CCO)CCCC3.[I-]. The van der Waals surface area contributed by atoms with Crippen molar-refractivity contribution in [2.45, 2.75) is 39.2 Å². The molecule has 0 fully saturated rings. The first kappa shape index (κ1) is 14.2. The Morgan fingerprint density at radius 3 is 2.83 bits per heavy atom. The predicted molar refractivity (Wildman–Crippen MR) is 70.5 cm³/mol. The summed E-state index contributed by atoms with van der Waals surface area (Å²) in [5, 5.41) is 10.4. The molecule has 2 nitrogen and oxygen atoms in total. The average molecular weight is 375 g/mol. The van der Waals surface area contributed by atoms with E-state index in [4.69, 9.17) is 5.11 Å². The van der Waals surface area contributed by atoms with Gasteiger partial charge in [0.1, 0.15) is 11.3 Å². The summed E-state index contributed by atoms with van der Waals surface area (Å²) in [7, 11) is 0. The molecule has 0 spiro atoms. The van der Waals surface area contributed by atoms with Crippen molar-refractivity contribution >= 4 is 21.6 Å². The molecule has 1 aliphatic carbocycles. The molecule has 0 atom stereocenters. The van der Waals surface area contributed by atoms with E-state index in [1.807, 2.05) is 11.3 Å². The summed E-state index contributed by atoms with van der Waals surface area (Å²) in [6.07, 6.45) is 5.12. The van der Waals surface area contributed by atoms with Gasteiger partial charge in [-0.1, -0.05) is 17.4 Å². The molecular weight excluding hydrogens is 357 g/mol. The minimum absolute atomic E-state index is 0. The van der Waals surface area contributed by atoms with Gasteiger partial charge in [0.2, 0.25) is 10.5 Å². The average Bonchev–Trinajstić information content (AvgIpc) is 2.67. The zero-order valence-electron chi connectivity index (χ0n) is 10.6. The number of hydrogen-bond donors (Lipinski definition) is 1. The van der Waals surface area contributed by atoms with Gasteiger partial charge in [0, 0.05) is 13.0 Å². The maximum Gasteiger partial charge on any atom is 0.235 e. The van der Waals surface area contributed by atoms with Crippen LogP contribution in [0.5, 0.6) is 0 Å². The molecule has 1 heterocycles. The van der Waals surface area contributed by atoms with Gasteiger partial charge in [-0.05, 0) is 36.8 Å². The number of rotatable bonds is 2. The van der Waals surface area contributed by atoms with Crippen molar-refractivity contribution < 1.29 is 33.7 Å². The lowest BCUT2D eigenvalue weighted by Gasteiger charge is -2.14. The molecule has 1 aliphatic rings. The summed E-state index contributed by atoms with van der Waals surface area (Å²) in [5.41, 5.74) is 4.42. The third-order valence-electron chi connectivity index (χ3n) is 3.70. The molecule has 0 bridgehead atoms. The topological polar surface area (TPSA) is 24.1 Å². The lowest BCUT2D eigenvalue weighted by molar-refractivity contribution is -0.674. The molecule has 98 valence electrons. The second kappa shape index (κ2) is 5.84. The highest BCUT2D eigenvalue weighted by molar-refractivity contribution is 7.18. The lowest BCUT2D eigenvalue weighted by atomic mass is 9.91. The van der Waals surface area contributed by atoms with Crippen LogP contribution in [0.1, 0.15) is 29.0 Å². The van der Waals surface area contributed by atoms with Crippen LogP contribution in [-0.2, 0) is 19.4 Å². The molecule has 0 radical (unpaired) electrons. The van der Waals surface area contributed by atoms with E-state index in [1.54, 1.807) is 11.1 Å². The zero-order valence-corrected chi connectivity index (χ0v) is 13.6. The fourth-order valence-corrected chi connectivity index (χ4v) is 4.09. The van der Waals surface area contributed by atoms with Crippen LogP contribution < -0.4 is 28.5 Å². The molecule has 1 N–H and O–H groups in total. The van der Waals surface area contributed by atoms with E-state index in [0.29, 0.717) is 6.54 Å². The van der Waals surface area contributed by atoms with E-state index in [1.165, 1.54) is 40.9 Å². The van der Waals surface area contributed by atoms with Crippen LogP contribution in [0.3, 0.4) is 0 Å². The van der Waals surface area contributed by atoms with Gasteiger partial charge in [-0.3, -0.25) is 0 Å². The smallest absolute Gasteiger partial charge is 0.235 e. The largest absolute Gasteiger partial charge is 1.00 e. The van der Waals surface area contributed by atoms with Crippen molar-refractivity contribution in [1.82, 2.24) is 0 Å². The van der Waals surface area contributed by atoms with E-state index in [-0.39, 0.29) is 30.6 Å². The van der Waals surface area contributed by atoms with Gasteiger partial charge in [-0.2, -0.15) is 4.57 Å². The summed E-state index contributed by atoms with van der Waals surface area (Å²) in [6.45, 7) is 3.08. The number of aryl methyl sites for hydroxylation is 3. The Morgan fingerprint density at radius 2 is 2.06 bits per heavy atom. The molecule has 3 rings (SSSR count). The van der Waals surface area contributed by atoms with Crippen LogP contribution >= 0.6 is 11.3 Å². The molecule has 18 heavy (non-hydrogen) atoms. The first-order valence-electron chi connectivity index (χ1n) is 6.36. The second-order valence-corrected chi connectivity index (χ2v) is 5.96. The summed E-state index contributed by atoms with van der Waals surface area (Å²) >= 11 is 1.89. The minimum atomic E-state index is 0. The van der Waals surface area contributed by atoms with Gasteiger partial charge in [0.15, 0.2) is 6.54 Å².